The zero-order valence-electron chi connectivity index (χ0n) is 14.5. The molecule has 0 aliphatic carbocycles. The number of thioether (sulfide) groups is 1. The fraction of sp³-hybridized carbons (Fsp3) is 0.529. The summed E-state index contributed by atoms with van der Waals surface area (Å²) in [6.07, 6.45) is 2.51. The number of carbonyl (C=O) groups is 2. The fourth-order valence-electron chi connectivity index (χ4n) is 1.84. The van der Waals surface area contributed by atoms with Crippen molar-refractivity contribution < 1.29 is 14.3 Å². The highest BCUT2D eigenvalue weighted by Crippen LogP contribution is 2.08. The van der Waals surface area contributed by atoms with Crippen molar-refractivity contribution in [2.75, 3.05) is 25.2 Å². The molecule has 2 amide bonds. The Morgan fingerprint density at radius 3 is 2.54 bits per heavy atom. The number of rotatable bonds is 10. The van der Waals surface area contributed by atoms with Crippen LogP contribution in [0.5, 0.6) is 5.75 Å². The third-order valence-electron chi connectivity index (χ3n) is 3.09. The van der Waals surface area contributed by atoms with E-state index in [1.54, 1.807) is 23.9 Å². The number of amides is 2. The fourth-order valence-corrected chi connectivity index (χ4v) is 2.32. The summed E-state index contributed by atoms with van der Waals surface area (Å²) in [5.41, 5.74) is 5.37. The summed E-state index contributed by atoms with van der Waals surface area (Å²) in [7, 11) is 0. The molecule has 0 heterocycles. The van der Waals surface area contributed by atoms with E-state index in [2.05, 4.69) is 10.6 Å². The Kier molecular flexibility index (Phi) is 8.63. The third-order valence-corrected chi connectivity index (χ3v) is 3.74. The Morgan fingerprint density at radius 2 is 1.96 bits per heavy atom. The lowest BCUT2D eigenvalue weighted by Crippen LogP contribution is -2.52. The molecule has 0 aliphatic rings. The Labute approximate surface area is 147 Å². The first-order valence-electron chi connectivity index (χ1n) is 7.84. The van der Waals surface area contributed by atoms with Gasteiger partial charge in [0.2, 0.25) is 5.91 Å². The van der Waals surface area contributed by atoms with Gasteiger partial charge in [0.25, 0.3) is 5.91 Å². The maximum atomic E-state index is 12.3. The maximum absolute atomic E-state index is 12.3. The number of carbonyl (C=O) groups excluding carboxylic acids is 2. The molecular weight excluding hydrogens is 326 g/mol. The van der Waals surface area contributed by atoms with Gasteiger partial charge in [0.1, 0.15) is 11.8 Å². The number of ether oxygens (including phenoxy) is 1. The van der Waals surface area contributed by atoms with E-state index in [9.17, 15) is 9.59 Å². The van der Waals surface area contributed by atoms with Crippen LogP contribution >= 0.6 is 11.8 Å². The number of hydrogen-bond acceptors (Lipinski definition) is 5. The summed E-state index contributed by atoms with van der Waals surface area (Å²) in [5, 5.41) is 5.51. The molecule has 7 heteroatoms. The summed E-state index contributed by atoms with van der Waals surface area (Å²) in [4.78, 5) is 24.3. The predicted molar refractivity (Wildman–Crippen MR) is 98.1 cm³/mol. The molecule has 0 saturated carbocycles. The molecule has 0 aliphatic heterocycles. The Bertz CT molecular complexity index is 518. The summed E-state index contributed by atoms with van der Waals surface area (Å²) in [5.74, 6) is 0.828. The van der Waals surface area contributed by atoms with Gasteiger partial charge in [0, 0.05) is 12.1 Å². The van der Waals surface area contributed by atoms with Crippen molar-refractivity contribution in [2.24, 2.45) is 5.73 Å². The van der Waals surface area contributed by atoms with Crippen molar-refractivity contribution in [1.29, 1.82) is 0 Å². The molecule has 1 aromatic carbocycles. The standard InChI is InChI=1S/C17H27N3O3S/c1-17(2,18)12-19-16(22)14(9-10-24-3)20-15(21)11-23-13-7-5-4-6-8-13/h4-8,14H,9-12,18H2,1-3H3,(H,19,22)(H,20,21). The van der Waals surface area contributed by atoms with Gasteiger partial charge in [-0.25, -0.2) is 0 Å². The third kappa shape index (κ3) is 8.79. The van der Waals surface area contributed by atoms with Crippen LogP contribution in [-0.2, 0) is 9.59 Å². The van der Waals surface area contributed by atoms with Crippen molar-refractivity contribution in [2.45, 2.75) is 31.8 Å². The average Bonchev–Trinajstić information content (AvgIpc) is 2.54. The van der Waals surface area contributed by atoms with Crippen molar-refractivity contribution in [3.8, 4) is 5.75 Å². The summed E-state index contributed by atoms with van der Waals surface area (Å²) in [6, 6.07) is 8.48. The molecule has 0 radical (unpaired) electrons. The summed E-state index contributed by atoms with van der Waals surface area (Å²) < 4.78 is 5.40. The van der Waals surface area contributed by atoms with Gasteiger partial charge in [-0.05, 0) is 44.4 Å². The van der Waals surface area contributed by atoms with Gasteiger partial charge in [0.15, 0.2) is 6.61 Å². The van der Waals surface area contributed by atoms with Crippen LogP contribution in [0.3, 0.4) is 0 Å². The van der Waals surface area contributed by atoms with E-state index < -0.39 is 11.6 Å². The van der Waals surface area contributed by atoms with Crippen molar-refractivity contribution in [3.05, 3.63) is 30.3 Å². The van der Waals surface area contributed by atoms with Gasteiger partial charge < -0.3 is 21.1 Å². The van der Waals surface area contributed by atoms with Crippen LogP contribution in [-0.4, -0.2) is 48.6 Å². The Balaban J connectivity index is 2.51. The average molecular weight is 353 g/mol. The van der Waals surface area contributed by atoms with Gasteiger partial charge in [-0.3, -0.25) is 9.59 Å². The normalized spacial score (nSPS) is 12.3. The van der Waals surface area contributed by atoms with Crippen LogP contribution in [0.25, 0.3) is 0 Å². The molecule has 24 heavy (non-hydrogen) atoms. The van der Waals surface area contributed by atoms with Gasteiger partial charge in [-0.15, -0.1) is 0 Å². The van der Waals surface area contributed by atoms with Crippen LogP contribution in [0.1, 0.15) is 20.3 Å². The minimum atomic E-state index is -0.591. The number of para-hydroxylation sites is 1. The van der Waals surface area contributed by atoms with Crippen molar-refractivity contribution in [3.63, 3.8) is 0 Å². The van der Waals surface area contributed by atoms with E-state index in [1.807, 2.05) is 38.3 Å². The van der Waals surface area contributed by atoms with E-state index in [-0.39, 0.29) is 18.4 Å². The van der Waals surface area contributed by atoms with Gasteiger partial charge in [-0.1, -0.05) is 18.2 Å². The molecule has 0 fully saturated rings. The lowest BCUT2D eigenvalue weighted by Gasteiger charge is -2.23. The first-order valence-corrected chi connectivity index (χ1v) is 9.24. The van der Waals surface area contributed by atoms with Crippen LogP contribution in [0.4, 0.5) is 0 Å². The number of nitrogens with two attached hydrogens (primary N) is 1. The molecule has 0 aromatic heterocycles. The first-order chi connectivity index (χ1) is 11.3. The largest absolute Gasteiger partial charge is 0.484 e. The molecule has 1 unspecified atom stereocenters. The van der Waals surface area contributed by atoms with Gasteiger partial charge >= 0.3 is 0 Å². The minimum Gasteiger partial charge on any atom is -0.484 e. The lowest BCUT2D eigenvalue weighted by molar-refractivity contribution is -0.130. The minimum absolute atomic E-state index is 0.130. The zero-order valence-corrected chi connectivity index (χ0v) is 15.3. The van der Waals surface area contributed by atoms with E-state index in [1.165, 1.54) is 0 Å². The van der Waals surface area contributed by atoms with Crippen LogP contribution in [0, 0.1) is 0 Å². The smallest absolute Gasteiger partial charge is 0.258 e. The summed E-state index contributed by atoms with van der Waals surface area (Å²) in [6.45, 7) is 3.88. The Morgan fingerprint density at radius 1 is 1.29 bits per heavy atom. The number of nitrogens with one attached hydrogen (secondary N) is 2. The number of hydrogen-bond donors (Lipinski definition) is 3. The molecule has 4 N–H and O–H groups in total. The molecule has 1 aromatic rings. The molecule has 6 nitrogen and oxygen atoms in total. The SMILES string of the molecule is CSCCC(NC(=O)COc1ccccc1)C(=O)NCC(C)(C)N. The molecule has 0 saturated heterocycles. The Hall–Kier alpha value is -1.73. The second kappa shape index (κ2) is 10.2. The molecule has 0 bridgehead atoms. The van der Waals surface area contributed by atoms with E-state index in [4.69, 9.17) is 10.5 Å². The summed E-state index contributed by atoms with van der Waals surface area (Å²) >= 11 is 1.62. The van der Waals surface area contributed by atoms with E-state index in [0.717, 1.165) is 5.75 Å². The highest BCUT2D eigenvalue weighted by Gasteiger charge is 2.22. The van der Waals surface area contributed by atoms with E-state index >= 15 is 0 Å². The number of benzene rings is 1. The topological polar surface area (TPSA) is 93.4 Å². The van der Waals surface area contributed by atoms with Crippen molar-refractivity contribution in [1.82, 2.24) is 10.6 Å². The first kappa shape index (κ1) is 20.3. The van der Waals surface area contributed by atoms with Crippen LogP contribution in [0.2, 0.25) is 0 Å². The zero-order chi connectivity index (χ0) is 18.0. The molecule has 134 valence electrons. The van der Waals surface area contributed by atoms with Gasteiger partial charge in [0.05, 0.1) is 0 Å². The van der Waals surface area contributed by atoms with Crippen LogP contribution < -0.4 is 21.1 Å². The monoisotopic (exact) mass is 353 g/mol. The lowest BCUT2D eigenvalue weighted by atomic mass is 10.1. The molecule has 1 rings (SSSR count). The molecular formula is C17H27N3O3S. The van der Waals surface area contributed by atoms with Crippen molar-refractivity contribution >= 4 is 23.6 Å². The van der Waals surface area contributed by atoms with Crippen LogP contribution in [0.15, 0.2) is 30.3 Å². The molecule has 0 spiro atoms. The highest BCUT2D eigenvalue weighted by molar-refractivity contribution is 7.98. The maximum Gasteiger partial charge on any atom is 0.258 e. The van der Waals surface area contributed by atoms with E-state index in [0.29, 0.717) is 18.7 Å². The highest BCUT2D eigenvalue weighted by atomic mass is 32.2. The quantitative estimate of drug-likeness (QED) is 0.587. The molecule has 1 atom stereocenters. The predicted octanol–water partition coefficient (Wildman–Crippen LogP) is 1.16. The second-order valence-corrected chi connectivity index (χ2v) is 7.20. The second-order valence-electron chi connectivity index (χ2n) is 6.21. The van der Waals surface area contributed by atoms with Gasteiger partial charge in [-0.2, -0.15) is 11.8 Å².